The van der Waals surface area contributed by atoms with E-state index in [0.717, 1.165) is 11.5 Å². The van der Waals surface area contributed by atoms with E-state index in [-0.39, 0.29) is 35.5 Å². The highest BCUT2D eigenvalue weighted by Crippen LogP contribution is 2.40. The fraction of sp³-hybridized carbons (Fsp3) is 0.286. The van der Waals surface area contributed by atoms with Crippen LogP contribution in [-0.2, 0) is 25.8 Å². The van der Waals surface area contributed by atoms with E-state index in [0.29, 0.717) is 17.1 Å². The number of aliphatic carboxylic acids is 1. The molecule has 0 saturated carbocycles. The van der Waals surface area contributed by atoms with Crippen LogP contribution >= 0.6 is 23.3 Å². The van der Waals surface area contributed by atoms with Gasteiger partial charge < -0.3 is 25.7 Å². The molecule has 188 valence electrons. The van der Waals surface area contributed by atoms with Crippen molar-refractivity contribution in [2.75, 3.05) is 25.2 Å². The van der Waals surface area contributed by atoms with Crippen molar-refractivity contribution < 1.29 is 33.6 Å². The molecule has 2 aliphatic rings. The Kier molecular flexibility index (Phi) is 7.49. The minimum atomic E-state index is -1.22. The van der Waals surface area contributed by atoms with E-state index >= 15 is 0 Å². The van der Waals surface area contributed by atoms with Crippen molar-refractivity contribution in [1.29, 1.82) is 0 Å². The number of nitrogen functional groups attached to an aromatic ring is 1. The van der Waals surface area contributed by atoms with Crippen LogP contribution in [0.5, 0.6) is 5.75 Å². The smallest absolute Gasteiger partial charge is 0.352 e. The fourth-order valence-electron chi connectivity index (χ4n) is 3.59. The number of fused-ring (bicyclic) bond motifs is 1. The van der Waals surface area contributed by atoms with Gasteiger partial charge in [0.25, 0.3) is 11.8 Å². The summed E-state index contributed by atoms with van der Waals surface area (Å²) in [6, 6.07) is 2.54. The highest BCUT2D eigenvalue weighted by Gasteiger charge is 2.54. The zero-order chi connectivity index (χ0) is 25.8. The Balaban J connectivity index is 1.52. The molecule has 0 aliphatic carbocycles. The predicted octanol–water partition coefficient (Wildman–Crippen LogP) is -0.238. The summed E-state index contributed by atoms with van der Waals surface area (Å²) in [6.45, 7) is 3.82. The molecule has 13 nitrogen and oxygen atoms in total. The number of hydrogen-bond acceptors (Lipinski definition) is 11. The third kappa shape index (κ3) is 5.01. The second-order valence-electron chi connectivity index (χ2n) is 7.51. The van der Waals surface area contributed by atoms with Crippen molar-refractivity contribution in [1.82, 2.24) is 19.6 Å². The van der Waals surface area contributed by atoms with Crippen molar-refractivity contribution in [3.8, 4) is 5.75 Å². The van der Waals surface area contributed by atoms with E-state index in [1.54, 1.807) is 36.2 Å². The van der Waals surface area contributed by atoms with Gasteiger partial charge in [-0.2, -0.15) is 9.36 Å². The average molecular weight is 533 g/mol. The lowest BCUT2D eigenvalue weighted by atomic mass is 10.0. The van der Waals surface area contributed by atoms with Crippen LogP contribution < -0.4 is 20.4 Å². The predicted molar refractivity (Wildman–Crippen MR) is 130 cm³/mol. The van der Waals surface area contributed by atoms with E-state index in [4.69, 9.17) is 15.3 Å². The quantitative estimate of drug-likeness (QED) is 0.0925. The maximum Gasteiger partial charge on any atom is 0.352 e. The van der Waals surface area contributed by atoms with Gasteiger partial charge in [-0.3, -0.25) is 14.5 Å². The molecule has 4 N–H and O–H groups in total. The molecule has 0 spiro atoms. The second-order valence-corrected chi connectivity index (χ2v) is 9.40. The van der Waals surface area contributed by atoms with Crippen LogP contribution in [0.3, 0.4) is 0 Å². The number of ether oxygens (including phenoxy) is 1. The van der Waals surface area contributed by atoms with Crippen molar-refractivity contribution in [3.63, 3.8) is 0 Å². The summed E-state index contributed by atoms with van der Waals surface area (Å²) >= 11 is 2.23. The van der Waals surface area contributed by atoms with Gasteiger partial charge in [-0.15, -0.1) is 11.8 Å². The molecule has 1 saturated heterocycles. The summed E-state index contributed by atoms with van der Waals surface area (Å²) in [5, 5.41) is 15.8. The third-order valence-electron chi connectivity index (χ3n) is 5.22. The molecular weight excluding hydrogens is 510 g/mol. The number of methoxy groups -OCH3 is 1. The summed E-state index contributed by atoms with van der Waals surface area (Å²) in [4.78, 5) is 48.2. The molecule has 0 aromatic carbocycles. The first-order valence-electron chi connectivity index (χ1n) is 10.5. The molecule has 4 rings (SSSR count). The molecule has 1 unspecified atom stereocenters. The number of aromatic nitrogens is 3. The summed E-state index contributed by atoms with van der Waals surface area (Å²) in [6.07, 6.45) is 4.96. The van der Waals surface area contributed by atoms with Gasteiger partial charge in [0.1, 0.15) is 29.5 Å². The lowest BCUT2D eigenvalue weighted by molar-refractivity contribution is -0.689. The first kappa shape index (κ1) is 25.1. The monoisotopic (exact) mass is 532 g/mol. The highest BCUT2D eigenvalue weighted by atomic mass is 32.2. The first-order valence-corrected chi connectivity index (χ1v) is 12.3. The SMILES string of the molecule is C=CCON=C(C(=O)NC1C(=O)N2C(C(=O)O)=C(C[n+]3ccc(OC)cc3)CS[C@H]12)c1nsc(N)n1. The zero-order valence-corrected chi connectivity index (χ0v) is 20.6. The van der Waals surface area contributed by atoms with Crippen LogP contribution in [0.15, 0.2) is 53.6 Å². The molecule has 2 aliphatic heterocycles. The number of pyridine rings is 1. The maximum absolute atomic E-state index is 13.0. The number of β-lactam (4-membered cyclic amide) rings is 1. The van der Waals surface area contributed by atoms with Gasteiger partial charge in [0.15, 0.2) is 24.1 Å². The Labute approximate surface area is 213 Å². The van der Waals surface area contributed by atoms with Gasteiger partial charge in [0.2, 0.25) is 11.5 Å². The number of nitrogens with one attached hydrogen (secondary N) is 1. The van der Waals surface area contributed by atoms with Crippen LogP contribution in [0.4, 0.5) is 5.13 Å². The number of nitrogens with two attached hydrogens (primary N) is 1. The van der Waals surface area contributed by atoms with E-state index in [1.165, 1.54) is 22.7 Å². The molecule has 0 radical (unpaired) electrons. The first-order chi connectivity index (χ1) is 17.3. The van der Waals surface area contributed by atoms with Crippen molar-refractivity contribution in [2.45, 2.75) is 18.0 Å². The third-order valence-corrected chi connectivity index (χ3v) is 7.11. The summed E-state index contributed by atoms with van der Waals surface area (Å²) < 4.78 is 10.9. The number of carbonyl (C=O) groups is 3. The summed E-state index contributed by atoms with van der Waals surface area (Å²) in [5.41, 5.74) is 5.83. The number of anilines is 1. The van der Waals surface area contributed by atoms with Gasteiger partial charge in [-0.1, -0.05) is 17.8 Å². The topological polar surface area (TPSA) is 173 Å². The number of oxime groups is 1. The van der Waals surface area contributed by atoms with Crippen LogP contribution in [0.1, 0.15) is 5.82 Å². The maximum atomic E-state index is 13.0. The average Bonchev–Trinajstić information content (AvgIpc) is 3.30. The Hall–Kier alpha value is -3.98. The number of hydrogen-bond donors (Lipinski definition) is 3. The molecular formula is C21H22N7O6S2+. The van der Waals surface area contributed by atoms with Crippen LogP contribution in [0.2, 0.25) is 0 Å². The Morgan fingerprint density at radius 3 is 2.81 bits per heavy atom. The van der Waals surface area contributed by atoms with E-state index in [9.17, 15) is 19.5 Å². The number of amides is 2. The lowest BCUT2D eigenvalue weighted by Gasteiger charge is -2.49. The number of nitrogens with zero attached hydrogens (tertiary/aromatic N) is 5. The lowest BCUT2D eigenvalue weighted by Crippen LogP contribution is -2.71. The number of thioether (sulfide) groups is 1. The van der Waals surface area contributed by atoms with E-state index in [1.807, 2.05) is 0 Å². The van der Waals surface area contributed by atoms with Gasteiger partial charge >= 0.3 is 5.97 Å². The summed E-state index contributed by atoms with van der Waals surface area (Å²) in [7, 11) is 1.55. The molecule has 1 fully saturated rings. The molecule has 2 aromatic heterocycles. The molecule has 15 heteroatoms. The number of carboxylic acids is 1. The molecule has 36 heavy (non-hydrogen) atoms. The van der Waals surface area contributed by atoms with Gasteiger partial charge in [0, 0.05) is 35.0 Å². The minimum absolute atomic E-state index is 0.0345. The number of rotatable bonds is 10. The number of carbonyl (C=O) groups excluding carboxylic acids is 2. The van der Waals surface area contributed by atoms with Crippen LogP contribution in [0, 0.1) is 0 Å². The van der Waals surface area contributed by atoms with E-state index in [2.05, 4.69) is 26.4 Å². The number of carboxylic acid groups (broad SMARTS) is 1. The normalized spacial score (nSPS) is 19.3. The molecule has 0 bridgehead atoms. The molecule has 2 atom stereocenters. The van der Waals surface area contributed by atoms with Crippen molar-refractivity contribution in [3.05, 3.63) is 54.3 Å². The highest BCUT2D eigenvalue weighted by molar-refractivity contribution is 8.00. The van der Waals surface area contributed by atoms with Crippen LogP contribution in [0.25, 0.3) is 0 Å². The fourth-order valence-corrected chi connectivity index (χ4v) is 5.36. The standard InChI is InChI=1S/C21H21N7O6S2/c1-3-8-34-25-13(16-24-21(22)36-26-16)17(29)23-14-18(30)28-15(20(31)32)11(10-35-19(14)28)9-27-6-4-12(33-2)5-7-27/h3-7,14,19H,1,8-10H2,2H3,(H3-,22,23,24,26,29,31,32)/p+1/t14?,19-/m1/s1. The molecule has 2 aromatic rings. The molecule has 4 heterocycles. The van der Waals surface area contributed by atoms with Gasteiger partial charge in [-0.25, -0.2) is 9.36 Å². The van der Waals surface area contributed by atoms with Crippen molar-refractivity contribution in [2.24, 2.45) is 5.16 Å². The van der Waals surface area contributed by atoms with Gasteiger partial charge in [-0.05, 0) is 0 Å². The Morgan fingerprint density at radius 2 is 2.19 bits per heavy atom. The van der Waals surface area contributed by atoms with E-state index < -0.39 is 29.2 Å². The van der Waals surface area contributed by atoms with Gasteiger partial charge in [0.05, 0.1) is 7.11 Å². The zero-order valence-electron chi connectivity index (χ0n) is 19.0. The van der Waals surface area contributed by atoms with Crippen LogP contribution in [-0.4, -0.2) is 73.7 Å². The minimum Gasteiger partial charge on any atom is -0.496 e. The Morgan fingerprint density at radius 1 is 1.44 bits per heavy atom. The Bertz CT molecular complexity index is 1260. The largest absolute Gasteiger partial charge is 0.496 e. The van der Waals surface area contributed by atoms with Crippen molar-refractivity contribution >= 4 is 51.9 Å². The summed E-state index contributed by atoms with van der Waals surface area (Å²) in [5.74, 6) is -1.55. The second kappa shape index (κ2) is 10.7. The molecule has 2 amide bonds.